The first kappa shape index (κ1) is 73.4. The Bertz CT molecular complexity index is 4150. The minimum absolute atomic E-state index is 0. The van der Waals surface area contributed by atoms with Crippen LogP contribution in [0.25, 0.3) is 40.9 Å². The molecule has 92 heavy (non-hydrogen) atoms. The van der Waals surface area contributed by atoms with Gasteiger partial charge in [-0.15, -0.1) is 0 Å². The molecule has 0 aliphatic rings. The predicted octanol–water partition coefficient (Wildman–Crippen LogP) is 18.7. The fourth-order valence-corrected chi connectivity index (χ4v) is 12.1. The number of methoxy groups -OCH3 is 1. The number of esters is 1. The fourth-order valence-electron chi connectivity index (χ4n) is 8.23. The zero-order valence-electron chi connectivity index (χ0n) is 46.7. The quantitative estimate of drug-likeness (QED) is 0.0386. The van der Waals surface area contributed by atoms with E-state index in [0.717, 1.165) is 84.7 Å². The predicted molar refractivity (Wildman–Crippen MR) is 383 cm³/mol. The van der Waals surface area contributed by atoms with Gasteiger partial charge in [-0.2, -0.15) is 0 Å². The van der Waals surface area contributed by atoms with Crippen LogP contribution in [0.15, 0.2) is 248 Å². The minimum atomic E-state index is -0.533. The van der Waals surface area contributed by atoms with Crippen molar-refractivity contribution < 1.29 is 38.1 Å². The summed E-state index contributed by atoms with van der Waals surface area (Å²) in [5, 5.41) is 15.2. The van der Waals surface area contributed by atoms with Crippen LogP contribution in [0.1, 0.15) is 61.5 Å². The first-order valence-corrected chi connectivity index (χ1v) is 30.7. The van der Waals surface area contributed by atoms with Gasteiger partial charge in [-0.05, 0) is 148 Å². The summed E-state index contributed by atoms with van der Waals surface area (Å²) in [6, 6.07) is 69.6. The first-order valence-electron chi connectivity index (χ1n) is 26.7. The number of pyridine rings is 4. The third kappa shape index (κ3) is 20.3. The van der Waals surface area contributed by atoms with Crippen LogP contribution in [0.5, 0.6) is 0 Å². The topological polar surface area (TPSA) is 223 Å². The van der Waals surface area contributed by atoms with E-state index < -0.39 is 5.91 Å². The Morgan fingerprint density at radius 3 is 1.26 bits per heavy atom. The van der Waals surface area contributed by atoms with Gasteiger partial charge < -0.3 is 15.8 Å². The van der Waals surface area contributed by atoms with Crippen molar-refractivity contribution in [2.75, 3.05) is 28.0 Å². The van der Waals surface area contributed by atoms with Crippen molar-refractivity contribution in [2.24, 2.45) is 0 Å². The van der Waals surface area contributed by atoms with Gasteiger partial charge in [0.05, 0.1) is 66.6 Å². The number of benzene rings is 6. The molecule has 469 valence electrons. The number of amides is 1. The molecule has 17 nitrogen and oxygen atoms in total. The van der Waals surface area contributed by atoms with Crippen molar-refractivity contribution in [3.63, 3.8) is 0 Å². The fraction of sp³-hybridized carbons (Fsp3) is 0.101. The number of carbonyl (C=O) groups is 2. The maximum atomic E-state index is 11.6. The molecule has 0 fully saturated rings. The molecule has 0 saturated heterocycles. The molecule has 23 heteroatoms. The molecule has 1 amide bonds. The number of rotatable bonds is 12. The Balaban J connectivity index is 0.000000220. The van der Waals surface area contributed by atoms with Gasteiger partial charge in [-0.1, -0.05) is 172 Å². The number of hydrogen-bond donors (Lipinski definition) is 4. The number of anilines is 7. The molecule has 0 spiro atoms. The number of hydroxylamine groups is 1. The third-order valence-electron chi connectivity index (χ3n) is 12.4. The SMILES string of the molecule is Brc1ccccn1.C.C.C.C.COC(=O)c1ccc(CN(c2ccccn2)c2nc3ccccc3s2)cc1.Nc1nc2ccccc2s1.O=C(NO)c1ccc(CN(c2ccccn2)c2nc3ccccc3s2)cc1.[V].c1ccc(Nc2nc3ccccc3s2)nc1. The number of hydrogen-bond acceptors (Lipinski definition) is 20. The molecule has 14 rings (SSSR count). The van der Waals surface area contributed by atoms with Crippen LogP contribution in [0, 0.1) is 0 Å². The Labute approximate surface area is 571 Å². The average molecular weight is 1400 g/mol. The molecule has 1 radical (unpaired) electrons. The zero-order valence-corrected chi connectivity index (χ0v) is 52.9. The molecule has 14 aromatic rings. The summed E-state index contributed by atoms with van der Waals surface area (Å²) in [5.74, 6) is 1.58. The summed E-state index contributed by atoms with van der Waals surface area (Å²) in [6.07, 6.45) is 7.03. The number of carbonyl (C=O) groups excluding carboxylic acids is 2. The molecule has 0 aliphatic carbocycles. The van der Waals surface area contributed by atoms with Crippen LogP contribution in [-0.2, 0) is 36.4 Å². The summed E-state index contributed by atoms with van der Waals surface area (Å²) < 4.78 is 10.2. The number of nitrogen functional groups attached to an aromatic ring is 1. The molecule has 5 N–H and O–H groups in total. The van der Waals surface area contributed by atoms with Gasteiger partial charge in [-0.3, -0.25) is 19.8 Å². The first-order chi connectivity index (χ1) is 42.7. The molecule has 0 bridgehead atoms. The Kier molecular flexibility index (Phi) is 29.6. The number of fused-ring (bicyclic) bond motifs is 4. The summed E-state index contributed by atoms with van der Waals surface area (Å²) in [5.41, 5.74) is 14.0. The molecule has 6 aromatic carbocycles. The Morgan fingerprint density at radius 1 is 0.478 bits per heavy atom. The standard InChI is InChI=1S/C21H17N3O2S.C20H16N4O2S.C12H9N3S.C7H6N2S.C5H4BrN.4CH4.V/c1-26-20(25)16-11-9-15(10-12-16)14-24(19-8-4-5-13-22-19)21-23-17-6-2-3-7-18(17)27-21;25-19(23-26)15-10-8-14(9-11-15)13-24(18-7-3-4-12-21-18)20-22-16-5-1-2-6-17(16)27-20;1-2-6-10-9(5-1)14-12(16-10)15-11-7-3-4-8-13-11;8-7-9-5-3-1-2-4-6(5)10-7;6-5-3-1-2-4-7-5;;;;;/h2-13H,14H2,1H3;1-12,26H,13H2,(H,23,25);1-8H,(H,13,14,15);1-4H,(H2,8,9);1-4H;4*1H4;. The van der Waals surface area contributed by atoms with Crippen LogP contribution in [0.2, 0.25) is 0 Å². The van der Waals surface area contributed by atoms with Gasteiger partial charge in [0, 0.05) is 48.9 Å². The molecule has 0 atom stereocenters. The molecule has 8 heterocycles. The Hall–Kier alpha value is -9.36. The molecular weight excluding hydrogens is 1330 g/mol. The van der Waals surface area contributed by atoms with Gasteiger partial charge in [0.1, 0.15) is 22.1 Å². The summed E-state index contributed by atoms with van der Waals surface area (Å²) in [7, 11) is 1.38. The van der Waals surface area contributed by atoms with Crippen molar-refractivity contribution in [1.82, 2.24) is 45.4 Å². The van der Waals surface area contributed by atoms with E-state index in [-0.39, 0.29) is 54.2 Å². The van der Waals surface area contributed by atoms with Crippen LogP contribution in [0.4, 0.5) is 38.0 Å². The van der Waals surface area contributed by atoms with Crippen molar-refractivity contribution in [3.05, 3.63) is 270 Å². The average Bonchev–Trinajstić information content (AvgIpc) is 2.07. The van der Waals surface area contributed by atoms with Crippen molar-refractivity contribution >= 4 is 152 Å². The molecular formula is C69H68BrN13O4S4V. The summed E-state index contributed by atoms with van der Waals surface area (Å²) in [4.78, 5) is 62.4. The second-order valence-corrected chi connectivity index (χ2v) is 23.2. The number of para-hydroxylation sites is 4. The molecule has 0 unspecified atom stereocenters. The van der Waals surface area contributed by atoms with Gasteiger partial charge >= 0.3 is 5.97 Å². The smallest absolute Gasteiger partial charge is 0.337 e. The van der Waals surface area contributed by atoms with Crippen molar-refractivity contribution in [2.45, 2.75) is 42.8 Å². The monoisotopic (exact) mass is 1400 g/mol. The number of nitrogens with one attached hydrogen (secondary N) is 2. The van der Waals surface area contributed by atoms with E-state index in [0.29, 0.717) is 29.3 Å². The second-order valence-electron chi connectivity index (χ2n) is 18.3. The molecule has 0 saturated carbocycles. The maximum absolute atomic E-state index is 11.6. The number of thiazole rings is 4. The van der Waals surface area contributed by atoms with E-state index in [1.165, 1.54) is 23.1 Å². The number of aromatic nitrogens is 8. The van der Waals surface area contributed by atoms with E-state index in [4.69, 9.17) is 25.6 Å². The van der Waals surface area contributed by atoms with E-state index in [1.807, 2.05) is 181 Å². The second kappa shape index (κ2) is 37.1. The molecule has 0 aliphatic heterocycles. The maximum Gasteiger partial charge on any atom is 0.337 e. The van der Waals surface area contributed by atoms with Gasteiger partial charge in [-0.25, -0.2) is 50.1 Å². The van der Waals surface area contributed by atoms with Crippen molar-refractivity contribution in [3.8, 4) is 0 Å². The van der Waals surface area contributed by atoms with E-state index in [2.05, 4.69) is 74.2 Å². The number of nitrogens with two attached hydrogens (primary N) is 1. The van der Waals surface area contributed by atoms with Gasteiger partial charge in [0.2, 0.25) is 0 Å². The summed E-state index contributed by atoms with van der Waals surface area (Å²) in [6.45, 7) is 1.15. The number of halogens is 1. The Morgan fingerprint density at radius 2 is 0.880 bits per heavy atom. The van der Waals surface area contributed by atoms with Crippen LogP contribution in [0.3, 0.4) is 0 Å². The zero-order chi connectivity index (χ0) is 60.2. The van der Waals surface area contributed by atoms with E-state index >= 15 is 0 Å². The minimum Gasteiger partial charge on any atom is -0.465 e. The number of nitrogens with zero attached hydrogens (tertiary/aromatic N) is 10. The van der Waals surface area contributed by atoms with Gasteiger partial charge in [0.15, 0.2) is 20.5 Å². The van der Waals surface area contributed by atoms with Crippen LogP contribution in [-0.4, -0.2) is 64.1 Å². The van der Waals surface area contributed by atoms with Crippen LogP contribution < -0.4 is 26.3 Å². The van der Waals surface area contributed by atoms with Gasteiger partial charge in [0.25, 0.3) is 5.91 Å². The van der Waals surface area contributed by atoms with E-state index in [9.17, 15) is 9.59 Å². The largest absolute Gasteiger partial charge is 0.465 e. The molecule has 8 aromatic heterocycles. The normalized spacial score (nSPS) is 9.90. The van der Waals surface area contributed by atoms with Crippen LogP contribution >= 0.6 is 61.3 Å². The van der Waals surface area contributed by atoms with E-state index in [1.54, 1.807) is 88.5 Å². The number of ether oxygens (including phenoxy) is 1. The van der Waals surface area contributed by atoms with Crippen molar-refractivity contribution in [1.29, 1.82) is 0 Å². The summed E-state index contributed by atoms with van der Waals surface area (Å²) >= 11 is 9.59. The third-order valence-corrected chi connectivity index (χ3v) is 16.8.